The van der Waals surface area contributed by atoms with Gasteiger partial charge in [0.1, 0.15) is 0 Å². The number of nitrogens with one attached hydrogen (secondary N) is 3. The molecule has 0 radical (unpaired) electrons. The van der Waals surface area contributed by atoms with E-state index in [4.69, 9.17) is 9.47 Å². The summed E-state index contributed by atoms with van der Waals surface area (Å²) in [6.07, 6.45) is 12.8. The predicted molar refractivity (Wildman–Crippen MR) is 99.6 cm³/mol. The quantitative estimate of drug-likeness (QED) is 0.623. The summed E-state index contributed by atoms with van der Waals surface area (Å²) in [6, 6.07) is 0.916. The van der Waals surface area contributed by atoms with Crippen molar-refractivity contribution in [3.05, 3.63) is 0 Å². The first-order valence-electron chi connectivity index (χ1n) is 10.7. The molecule has 4 saturated heterocycles. The summed E-state index contributed by atoms with van der Waals surface area (Å²) in [4.78, 5) is 0. The van der Waals surface area contributed by atoms with Gasteiger partial charge < -0.3 is 25.4 Å². The van der Waals surface area contributed by atoms with Crippen LogP contribution in [0.25, 0.3) is 0 Å². The molecule has 5 nitrogen and oxygen atoms in total. The van der Waals surface area contributed by atoms with Gasteiger partial charge in [-0.15, -0.1) is 0 Å². The van der Waals surface area contributed by atoms with Crippen LogP contribution in [-0.2, 0) is 9.47 Å². The zero-order valence-electron chi connectivity index (χ0n) is 15.8. The Labute approximate surface area is 153 Å². The van der Waals surface area contributed by atoms with E-state index in [2.05, 4.69) is 16.0 Å². The van der Waals surface area contributed by atoms with E-state index in [1.165, 1.54) is 71.0 Å². The second-order valence-corrected chi connectivity index (χ2v) is 8.85. The van der Waals surface area contributed by atoms with Gasteiger partial charge in [-0.1, -0.05) is 12.8 Å². The van der Waals surface area contributed by atoms with E-state index in [-0.39, 0.29) is 5.79 Å². The molecule has 2 spiro atoms. The summed E-state index contributed by atoms with van der Waals surface area (Å²) in [5.41, 5.74) is 0.833. The minimum atomic E-state index is -0.222. The maximum absolute atomic E-state index is 5.42. The molecule has 2 atom stereocenters. The number of hydrogen-bond donors (Lipinski definition) is 3. The van der Waals surface area contributed by atoms with Gasteiger partial charge in [-0.2, -0.15) is 0 Å². The lowest BCUT2D eigenvalue weighted by Crippen LogP contribution is -2.32. The number of hydrogen-bond acceptors (Lipinski definition) is 5. The summed E-state index contributed by atoms with van der Waals surface area (Å²) >= 11 is 0. The van der Waals surface area contributed by atoms with Crippen molar-refractivity contribution in [1.82, 2.24) is 16.0 Å². The zero-order chi connectivity index (χ0) is 17.0. The highest BCUT2D eigenvalue weighted by molar-refractivity contribution is 4.98. The van der Waals surface area contributed by atoms with Crippen LogP contribution >= 0.6 is 0 Å². The molecule has 25 heavy (non-hydrogen) atoms. The van der Waals surface area contributed by atoms with Crippen molar-refractivity contribution in [2.75, 3.05) is 45.9 Å². The van der Waals surface area contributed by atoms with Gasteiger partial charge in [0, 0.05) is 32.1 Å². The molecule has 2 unspecified atom stereocenters. The van der Waals surface area contributed by atoms with E-state index in [1.54, 1.807) is 0 Å². The van der Waals surface area contributed by atoms with Crippen LogP contribution in [0.3, 0.4) is 0 Å². The van der Waals surface area contributed by atoms with Crippen LogP contribution in [0, 0.1) is 11.3 Å². The van der Waals surface area contributed by atoms with Crippen LogP contribution in [0.2, 0.25) is 0 Å². The van der Waals surface area contributed by atoms with Crippen molar-refractivity contribution in [3.8, 4) is 0 Å². The third-order valence-corrected chi connectivity index (χ3v) is 7.01. The lowest BCUT2D eigenvalue weighted by atomic mass is 9.86. The minimum Gasteiger partial charge on any atom is -0.346 e. The fourth-order valence-corrected chi connectivity index (χ4v) is 5.06. The van der Waals surface area contributed by atoms with Crippen molar-refractivity contribution in [2.24, 2.45) is 11.3 Å². The van der Waals surface area contributed by atoms with Crippen LogP contribution in [0.5, 0.6) is 0 Å². The van der Waals surface area contributed by atoms with Gasteiger partial charge in [-0.25, -0.2) is 0 Å². The molecule has 3 N–H and O–H groups in total. The Hall–Kier alpha value is -0.200. The smallest absolute Gasteiger partial charge is 0.182 e. The minimum absolute atomic E-state index is 0.222. The van der Waals surface area contributed by atoms with Crippen LogP contribution in [0.15, 0.2) is 0 Å². The molecular weight excluding hydrogens is 314 g/mol. The highest BCUT2D eigenvalue weighted by Gasteiger charge is 2.44. The molecule has 144 valence electrons. The maximum Gasteiger partial charge on any atom is 0.182 e. The standard InChI is InChI=1S/C8H15N.C6H11NO2.C6H11N/c1-2-4-8-7(3-1)5-6-9-8;1-2-7-5-6(1)8-3-4-9-6;1-2-6(1)3-4-7-5-6/h7-9H,1-6H2;7H,1-5H2;7H,1-5H2. The van der Waals surface area contributed by atoms with E-state index >= 15 is 0 Å². The Morgan fingerprint density at radius 2 is 1.48 bits per heavy atom. The van der Waals surface area contributed by atoms with Crippen molar-refractivity contribution in [2.45, 2.75) is 69.6 Å². The fraction of sp³-hybridized carbons (Fsp3) is 1.00. The Morgan fingerprint density at radius 1 is 0.720 bits per heavy atom. The molecule has 6 aliphatic rings. The Balaban J connectivity index is 0.0000000949. The van der Waals surface area contributed by atoms with Gasteiger partial charge in [0.25, 0.3) is 0 Å². The van der Waals surface area contributed by atoms with Crippen molar-refractivity contribution in [3.63, 3.8) is 0 Å². The molecule has 0 bridgehead atoms. The monoisotopic (exact) mass is 351 g/mol. The van der Waals surface area contributed by atoms with E-state index in [9.17, 15) is 0 Å². The first-order valence-corrected chi connectivity index (χ1v) is 10.7. The van der Waals surface area contributed by atoms with Crippen LogP contribution < -0.4 is 16.0 Å². The predicted octanol–water partition coefficient (Wildman–Crippen LogP) is 2.02. The second-order valence-electron chi connectivity index (χ2n) is 8.85. The largest absolute Gasteiger partial charge is 0.346 e. The third kappa shape index (κ3) is 4.75. The number of fused-ring (bicyclic) bond motifs is 1. The molecule has 0 aromatic carbocycles. The summed E-state index contributed by atoms with van der Waals surface area (Å²) in [6.45, 7) is 7.30. The van der Waals surface area contributed by atoms with Crippen LogP contribution in [-0.4, -0.2) is 57.8 Å². The van der Waals surface area contributed by atoms with E-state index in [0.717, 1.165) is 50.1 Å². The average Bonchev–Trinajstić information content (AvgIpc) is 3.19. The normalized spacial score (nSPS) is 36.5. The van der Waals surface area contributed by atoms with E-state index in [1.807, 2.05) is 0 Å². The summed E-state index contributed by atoms with van der Waals surface area (Å²) in [5, 5.41) is 10.1. The van der Waals surface area contributed by atoms with Gasteiger partial charge in [0.05, 0.1) is 13.2 Å². The van der Waals surface area contributed by atoms with Crippen molar-refractivity contribution in [1.29, 1.82) is 0 Å². The van der Waals surface area contributed by atoms with Gasteiger partial charge in [-0.05, 0) is 62.9 Å². The molecule has 0 amide bonds. The van der Waals surface area contributed by atoms with Gasteiger partial charge in [0.2, 0.25) is 0 Å². The second kappa shape index (κ2) is 8.22. The highest BCUT2D eigenvalue weighted by atomic mass is 16.7. The van der Waals surface area contributed by atoms with Gasteiger partial charge in [0.15, 0.2) is 5.79 Å². The first-order chi connectivity index (χ1) is 12.3. The molecule has 6 fully saturated rings. The topological polar surface area (TPSA) is 54.5 Å². The summed E-state index contributed by atoms with van der Waals surface area (Å²) in [5.74, 6) is 0.832. The summed E-state index contributed by atoms with van der Waals surface area (Å²) < 4.78 is 10.8. The molecule has 0 aromatic rings. The first kappa shape index (κ1) is 18.2. The van der Waals surface area contributed by atoms with Crippen LogP contribution in [0.1, 0.15) is 57.8 Å². The molecule has 0 aromatic heterocycles. The Kier molecular flexibility index (Phi) is 5.98. The molecule has 5 heteroatoms. The molecule has 2 saturated carbocycles. The average molecular weight is 352 g/mol. The fourth-order valence-electron chi connectivity index (χ4n) is 5.06. The molecular formula is C20H37N3O2. The summed E-state index contributed by atoms with van der Waals surface area (Å²) in [7, 11) is 0. The maximum atomic E-state index is 5.42. The molecule has 4 heterocycles. The Bertz CT molecular complexity index is 378. The highest BCUT2D eigenvalue weighted by Crippen LogP contribution is 2.49. The number of rotatable bonds is 0. The van der Waals surface area contributed by atoms with Gasteiger partial charge in [-0.3, -0.25) is 0 Å². The molecule has 4 aliphatic heterocycles. The van der Waals surface area contributed by atoms with Gasteiger partial charge >= 0.3 is 0 Å². The Morgan fingerprint density at radius 3 is 2.08 bits per heavy atom. The van der Waals surface area contributed by atoms with Crippen molar-refractivity contribution < 1.29 is 9.47 Å². The zero-order valence-corrected chi connectivity index (χ0v) is 15.8. The lowest BCUT2D eigenvalue weighted by Gasteiger charge is -2.24. The number of ether oxygens (including phenoxy) is 2. The van der Waals surface area contributed by atoms with Crippen molar-refractivity contribution >= 4 is 0 Å². The van der Waals surface area contributed by atoms with E-state index in [0.29, 0.717) is 0 Å². The SMILES string of the molecule is C1CC2(CC2)CN1.C1CC2(CN1)OCCO2.C1CCC2NCCC2C1. The molecule has 2 aliphatic carbocycles. The lowest BCUT2D eigenvalue weighted by molar-refractivity contribution is -0.139. The van der Waals surface area contributed by atoms with E-state index < -0.39 is 0 Å². The third-order valence-electron chi connectivity index (χ3n) is 7.01. The molecule has 6 rings (SSSR count). The van der Waals surface area contributed by atoms with Crippen LogP contribution in [0.4, 0.5) is 0 Å².